The van der Waals surface area contributed by atoms with Crippen LogP contribution in [0, 0.1) is 6.92 Å². The zero-order valence-corrected chi connectivity index (χ0v) is 11.0. The first kappa shape index (κ1) is 13.0. The van der Waals surface area contributed by atoms with Gasteiger partial charge in [0, 0.05) is 11.8 Å². The topological polar surface area (TPSA) is 39.2 Å². The molecular weight excluding hydrogens is 238 g/mol. The number of nitrogens with zero attached hydrogens (tertiary/aromatic N) is 1. The molecule has 0 amide bonds. The molecule has 19 heavy (non-hydrogen) atoms. The lowest BCUT2D eigenvalue weighted by Crippen LogP contribution is -1.97. The van der Waals surface area contributed by atoms with E-state index in [-0.39, 0.29) is 5.78 Å². The molecule has 0 N–H and O–H groups in total. The van der Waals surface area contributed by atoms with Gasteiger partial charge in [-0.15, -0.1) is 0 Å². The molecule has 1 aromatic carbocycles. The van der Waals surface area contributed by atoms with Crippen LogP contribution in [0.1, 0.15) is 21.6 Å². The van der Waals surface area contributed by atoms with E-state index in [1.54, 1.807) is 37.6 Å². The minimum atomic E-state index is -0.122. The molecule has 0 bridgehead atoms. The van der Waals surface area contributed by atoms with Gasteiger partial charge in [-0.3, -0.25) is 9.78 Å². The van der Waals surface area contributed by atoms with Gasteiger partial charge in [0.2, 0.25) is 5.78 Å². The molecule has 0 aliphatic rings. The molecule has 0 aliphatic carbocycles. The Labute approximate surface area is 112 Å². The number of ketones is 1. The lowest BCUT2D eigenvalue weighted by atomic mass is 10.1. The molecule has 0 aliphatic heterocycles. The minimum absolute atomic E-state index is 0.122. The van der Waals surface area contributed by atoms with E-state index in [0.29, 0.717) is 5.69 Å². The number of pyridine rings is 1. The van der Waals surface area contributed by atoms with Crippen LogP contribution in [0.15, 0.2) is 48.7 Å². The predicted molar refractivity (Wildman–Crippen MR) is 75.3 cm³/mol. The number of benzene rings is 1. The summed E-state index contributed by atoms with van der Waals surface area (Å²) in [4.78, 5) is 15.9. The predicted octanol–water partition coefficient (Wildman–Crippen LogP) is 3.29. The van der Waals surface area contributed by atoms with Crippen molar-refractivity contribution in [2.75, 3.05) is 7.11 Å². The van der Waals surface area contributed by atoms with Crippen molar-refractivity contribution in [1.29, 1.82) is 0 Å². The Bertz CT molecular complexity index is 603. The molecule has 0 radical (unpaired) electrons. The van der Waals surface area contributed by atoms with Crippen molar-refractivity contribution in [3.05, 3.63) is 65.5 Å². The second kappa shape index (κ2) is 5.96. The fourth-order valence-electron chi connectivity index (χ4n) is 1.72. The van der Waals surface area contributed by atoms with Gasteiger partial charge in [0.1, 0.15) is 11.4 Å². The highest BCUT2D eigenvalue weighted by Gasteiger charge is 2.03. The largest absolute Gasteiger partial charge is 0.496 e. The maximum atomic E-state index is 11.9. The summed E-state index contributed by atoms with van der Waals surface area (Å²) in [6.07, 6.45) is 4.86. The van der Waals surface area contributed by atoms with Gasteiger partial charge in [-0.1, -0.05) is 18.2 Å². The number of aromatic nitrogens is 1. The van der Waals surface area contributed by atoms with E-state index in [1.807, 2.05) is 25.1 Å². The fraction of sp³-hybridized carbons (Fsp3) is 0.125. The van der Waals surface area contributed by atoms with E-state index in [9.17, 15) is 4.79 Å². The van der Waals surface area contributed by atoms with Crippen molar-refractivity contribution < 1.29 is 9.53 Å². The highest BCUT2D eigenvalue weighted by molar-refractivity contribution is 6.05. The number of methoxy groups -OCH3 is 1. The van der Waals surface area contributed by atoms with Crippen molar-refractivity contribution in [3.63, 3.8) is 0 Å². The summed E-state index contributed by atoms with van der Waals surface area (Å²) in [6.45, 7) is 2.00. The van der Waals surface area contributed by atoms with E-state index in [2.05, 4.69) is 4.98 Å². The van der Waals surface area contributed by atoms with E-state index >= 15 is 0 Å². The lowest BCUT2D eigenvalue weighted by Gasteiger charge is -2.05. The van der Waals surface area contributed by atoms with E-state index in [4.69, 9.17) is 4.74 Å². The highest BCUT2D eigenvalue weighted by atomic mass is 16.5. The van der Waals surface area contributed by atoms with Gasteiger partial charge in [0.05, 0.1) is 7.11 Å². The summed E-state index contributed by atoms with van der Waals surface area (Å²) in [7, 11) is 1.62. The summed E-state index contributed by atoms with van der Waals surface area (Å²) < 4.78 is 5.29. The van der Waals surface area contributed by atoms with Crippen molar-refractivity contribution in [2.45, 2.75) is 6.92 Å². The van der Waals surface area contributed by atoms with Crippen LogP contribution in [-0.2, 0) is 0 Å². The molecule has 1 heterocycles. The Balaban J connectivity index is 2.21. The van der Waals surface area contributed by atoms with Crippen molar-refractivity contribution in [2.24, 2.45) is 0 Å². The van der Waals surface area contributed by atoms with E-state index < -0.39 is 0 Å². The maximum absolute atomic E-state index is 11.9. The molecule has 3 heteroatoms. The summed E-state index contributed by atoms with van der Waals surface area (Å²) in [6, 6.07) is 11.1. The number of allylic oxidation sites excluding steroid dienone is 1. The molecule has 0 saturated carbocycles. The van der Waals surface area contributed by atoms with Gasteiger partial charge in [-0.25, -0.2) is 0 Å². The molecule has 0 fully saturated rings. The smallest absolute Gasteiger partial charge is 0.204 e. The molecule has 1 aromatic heterocycles. The third-order valence-corrected chi connectivity index (χ3v) is 2.72. The number of ether oxygens (including phenoxy) is 1. The number of carbonyl (C=O) groups excluding carboxylic acids is 1. The first-order chi connectivity index (χ1) is 9.20. The van der Waals surface area contributed by atoms with Gasteiger partial charge in [-0.05, 0) is 42.8 Å². The Morgan fingerprint density at radius 3 is 2.79 bits per heavy atom. The zero-order valence-electron chi connectivity index (χ0n) is 11.0. The van der Waals surface area contributed by atoms with Crippen LogP contribution >= 0.6 is 0 Å². The molecule has 2 aromatic rings. The Kier molecular flexibility index (Phi) is 4.08. The van der Waals surface area contributed by atoms with Crippen LogP contribution in [0.5, 0.6) is 5.75 Å². The molecule has 0 atom stereocenters. The molecule has 0 unspecified atom stereocenters. The average molecular weight is 253 g/mol. The van der Waals surface area contributed by atoms with Crippen LogP contribution in [0.4, 0.5) is 0 Å². The maximum Gasteiger partial charge on any atom is 0.204 e. The number of aryl methyl sites for hydroxylation is 1. The zero-order chi connectivity index (χ0) is 13.7. The van der Waals surface area contributed by atoms with Crippen molar-refractivity contribution in [1.82, 2.24) is 4.98 Å². The summed E-state index contributed by atoms with van der Waals surface area (Å²) in [5.41, 5.74) is 2.42. The number of hydrogen-bond donors (Lipinski definition) is 0. The average Bonchev–Trinajstić information content (AvgIpc) is 2.46. The number of carbonyl (C=O) groups is 1. The second-order valence-corrected chi connectivity index (χ2v) is 4.16. The second-order valence-electron chi connectivity index (χ2n) is 4.16. The van der Waals surface area contributed by atoms with Gasteiger partial charge in [0.15, 0.2) is 0 Å². The lowest BCUT2D eigenvalue weighted by molar-refractivity contribution is 0.104. The summed E-state index contributed by atoms with van der Waals surface area (Å²) in [5.74, 6) is 0.633. The highest BCUT2D eigenvalue weighted by Crippen LogP contribution is 2.21. The first-order valence-corrected chi connectivity index (χ1v) is 5.99. The molecule has 3 nitrogen and oxygen atoms in total. The molecule has 96 valence electrons. The van der Waals surface area contributed by atoms with Gasteiger partial charge >= 0.3 is 0 Å². The standard InChI is InChI=1S/C16H15NO2/c1-12-6-7-13(16(11-12)19-2)8-9-15(18)14-5-3-4-10-17-14/h3-11H,1-2H3/b9-8-. The molecular formula is C16H15NO2. The van der Waals surface area contributed by atoms with Gasteiger partial charge in [0.25, 0.3) is 0 Å². The Morgan fingerprint density at radius 1 is 1.26 bits per heavy atom. The summed E-state index contributed by atoms with van der Waals surface area (Å²) >= 11 is 0. The third-order valence-electron chi connectivity index (χ3n) is 2.72. The van der Waals surface area contributed by atoms with Crippen LogP contribution in [-0.4, -0.2) is 17.9 Å². The quantitative estimate of drug-likeness (QED) is 0.620. The van der Waals surface area contributed by atoms with Gasteiger partial charge in [-0.2, -0.15) is 0 Å². The Morgan fingerprint density at radius 2 is 2.11 bits per heavy atom. The van der Waals surface area contributed by atoms with E-state index in [0.717, 1.165) is 16.9 Å². The van der Waals surface area contributed by atoms with Gasteiger partial charge < -0.3 is 4.74 Å². The monoisotopic (exact) mass is 253 g/mol. The molecule has 0 spiro atoms. The molecule has 0 saturated heterocycles. The normalized spacial score (nSPS) is 10.6. The van der Waals surface area contributed by atoms with Crippen LogP contribution < -0.4 is 4.74 Å². The SMILES string of the molecule is COc1cc(C)ccc1/C=C\C(=O)c1ccccn1. The van der Waals surface area contributed by atoms with Crippen molar-refractivity contribution >= 4 is 11.9 Å². The number of hydrogen-bond acceptors (Lipinski definition) is 3. The molecule has 2 rings (SSSR count). The Hall–Kier alpha value is -2.42. The summed E-state index contributed by atoms with van der Waals surface area (Å²) in [5, 5.41) is 0. The van der Waals surface area contributed by atoms with Crippen molar-refractivity contribution in [3.8, 4) is 5.75 Å². The third kappa shape index (κ3) is 3.28. The van der Waals surface area contributed by atoms with Crippen LogP contribution in [0.25, 0.3) is 6.08 Å². The van der Waals surface area contributed by atoms with Crippen LogP contribution in [0.2, 0.25) is 0 Å². The fourth-order valence-corrected chi connectivity index (χ4v) is 1.72. The first-order valence-electron chi connectivity index (χ1n) is 5.99. The van der Waals surface area contributed by atoms with Crippen LogP contribution in [0.3, 0.4) is 0 Å². The number of rotatable bonds is 4. The minimum Gasteiger partial charge on any atom is -0.496 e. The van der Waals surface area contributed by atoms with E-state index in [1.165, 1.54) is 6.08 Å².